The number of carbonyl (C=O) groups excluding carboxylic acids is 2. The molecule has 0 bridgehead atoms. The summed E-state index contributed by atoms with van der Waals surface area (Å²) in [5.41, 5.74) is -0.894. The van der Waals surface area contributed by atoms with Crippen LogP contribution in [-0.4, -0.2) is 29.3 Å². The summed E-state index contributed by atoms with van der Waals surface area (Å²) in [6.45, 7) is 0. The average molecular weight is 458 g/mol. The first-order chi connectivity index (χ1) is 14.2. The maximum absolute atomic E-state index is 13.1. The van der Waals surface area contributed by atoms with Crippen LogP contribution in [0.15, 0.2) is 47.5 Å². The van der Waals surface area contributed by atoms with Crippen LogP contribution in [0.1, 0.15) is 12.0 Å². The van der Waals surface area contributed by atoms with Crippen LogP contribution in [0, 0.1) is 0 Å². The monoisotopic (exact) mass is 457 g/mol. The fourth-order valence-electron chi connectivity index (χ4n) is 2.66. The van der Waals surface area contributed by atoms with Gasteiger partial charge < -0.3 is 15.4 Å². The van der Waals surface area contributed by atoms with E-state index in [2.05, 4.69) is 15.6 Å². The highest BCUT2D eigenvalue weighted by Gasteiger charge is 2.35. The molecule has 1 fully saturated rings. The number of aliphatic imine (C=N–C) groups is 1. The highest BCUT2D eigenvalue weighted by atomic mass is 35.5. The van der Waals surface area contributed by atoms with Gasteiger partial charge in [-0.25, -0.2) is 4.99 Å². The number of amides is 2. The van der Waals surface area contributed by atoms with Gasteiger partial charge in [0.15, 0.2) is 5.17 Å². The van der Waals surface area contributed by atoms with Crippen LogP contribution in [0.25, 0.3) is 0 Å². The summed E-state index contributed by atoms with van der Waals surface area (Å²) in [6.07, 6.45) is -4.80. The Kier molecular flexibility index (Phi) is 6.57. The van der Waals surface area contributed by atoms with Crippen molar-refractivity contribution in [3.05, 3.63) is 53.1 Å². The van der Waals surface area contributed by atoms with Gasteiger partial charge in [0, 0.05) is 11.4 Å². The molecule has 0 radical (unpaired) electrons. The van der Waals surface area contributed by atoms with Gasteiger partial charge in [-0.1, -0.05) is 35.5 Å². The van der Waals surface area contributed by atoms with E-state index in [-0.39, 0.29) is 17.3 Å². The van der Waals surface area contributed by atoms with Crippen molar-refractivity contribution in [2.75, 3.05) is 12.4 Å². The second-order valence-corrected chi connectivity index (χ2v) is 7.75. The molecule has 1 unspecified atom stereocenters. The van der Waals surface area contributed by atoms with Crippen LogP contribution in [0.5, 0.6) is 5.75 Å². The van der Waals surface area contributed by atoms with Gasteiger partial charge in [0.1, 0.15) is 11.0 Å². The first-order valence-electron chi connectivity index (χ1n) is 8.53. The fraction of sp³-hybridized carbons (Fsp3) is 0.211. The second-order valence-electron chi connectivity index (χ2n) is 6.12. The Morgan fingerprint density at radius 1 is 1.30 bits per heavy atom. The molecule has 11 heteroatoms. The van der Waals surface area contributed by atoms with E-state index in [1.165, 1.54) is 31.4 Å². The zero-order chi connectivity index (χ0) is 21.9. The zero-order valence-corrected chi connectivity index (χ0v) is 17.0. The standard InChI is InChI=1S/C19H15ClF3N3O3S/c1-29-14-7-6-10(20)8-13(14)24-16(27)9-15-17(28)26-18(30-15)25-12-5-3-2-4-11(12)19(21,22)23/h2-8,15H,9H2,1H3,(H,24,27)(H,25,26,28). The minimum Gasteiger partial charge on any atom is -0.495 e. The average Bonchev–Trinajstić information content (AvgIpc) is 3.00. The number of hydrogen-bond donors (Lipinski definition) is 2. The van der Waals surface area contributed by atoms with E-state index in [1.54, 1.807) is 12.1 Å². The minimum absolute atomic E-state index is 0.00478. The third kappa shape index (κ3) is 5.25. The third-order valence-corrected chi connectivity index (χ3v) is 5.33. The van der Waals surface area contributed by atoms with Gasteiger partial charge in [-0.2, -0.15) is 13.2 Å². The first kappa shape index (κ1) is 22.0. The third-order valence-electron chi connectivity index (χ3n) is 4.01. The van der Waals surface area contributed by atoms with Crippen molar-refractivity contribution < 1.29 is 27.5 Å². The molecule has 3 rings (SSSR count). The largest absolute Gasteiger partial charge is 0.495 e. The Hall–Kier alpha value is -2.72. The van der Waals surface area contributed by atoms with Crippen LogP contribution in [0.3, 0.4) is 0 Å². The van der Waals surface area contributed by atoms with Crippen molar-refractivity contribution in [2.45, 2.75) is 17.8 Å². The van der Waals surface area contributed by atoms with Gasteiger partial charge in [0.05, 0.1) is 24.0 Å². The summed E-state index contributed by atoms with van der Waals surface area (Å²) < 4.78 is 44.5. The van der Waals surface area contributed by atoms with E-state index in [0.29, 0.717) is 16.5 Å². The number of alkyl halides is 3. The lowest BCUT2D eigenvalue weighted by Crippen LogP contribution is -2.28. The first-order valence-corrected chi connectivity index (χ1v) is 9.79. The van der Waals surface area contributed by atoms with Crippen molar-refractivity contribution in [3.63, 3.8) is 0 Å². The molecule has 30 heavy (non-hydrogen) atoms. The van der Waals surface area contributed by atoms with E-state index < -0.39 is 28.8 Å². The summed E-state index contributed by atoms with van der Waals surface area (Å²) in [7, 11) is 1.43. The number of para-hydroxylation sites is 1. The fourth-order valence-corrected chi connectivity index (χ4v) is 3.81. The number of anilines is 1. The summed E-state index contributed by atoms with van der Waals surface area (Å²) >= 11 is 6.81. The van der Waals surface area contributed by atoms with Crippen LogP contribution >= 0.6 is 23.4 Å². The second kappa shape index (κ2) is 8.97. The molecule has 0 spiro atoms. The molecule has 0 aliphatic carbocycles. The lowest BCUT2D eigenvalue weighted by molar-refractivity contribution is -0.137. The zero-order valence-electron chi connectivity index (χ0n) is 15.4. The number of nitrogens with zero attached hydrogens (tertiary/aromatic N) is 1. The molecule has 1 saturated heterocycles. The molecule has 2 N–H and O–H groups in total. The molecule has 2 amide bonds. The number of thioether (sulfide) groups is 1. The molecule has 6 nitrogen and oxygen atoms in total. The van der Waals surface area contributed by atoms with E-state index in [4.69, 9.17) is 16.3 Å². The van der Waals surface area contributed by atoms with E-state index >= 15 is 0 Å². The number of benzene rings is 2. The molecule has 2 aromatic rings. The van der Waals surface area contributed by atoms with Gasteiger partial charge in [-0.15, -0.1) is 0 Å². The molecule has 1 aliphatic rings. The summed E-state index contributed by atoms with van der Waals surface area (Å²) in [4.78, 5) is 28.4. The quantitative estimate of drug-likeness (QED) is 0.687. The van der Waals surface area contributed by atoms with Crippen molar-refractivity contribution in [3.8, 4) is 5.75 Å². The lowest BCUT2D eigenvalue weighted by Gasteiger charge is -2.11. The highest BCUT2D eigenvalue weighted by Crippen LogP contribution is 2.37. The predicted molar refractivity (Wildman–Crippen MR) is 109 cm³/mol. The molecule has 0 saturated carbocycles. The highest BCUT2D eigenvalue weighted by molar-refractivity contribution is 8.15. The van der Waals surface area contributed by atoms with Gasteiger partial charge in [0.25, 0.3) is 0 Å². The number of carbonyl (C=O) groups is 2. The molecular formula is C19H15ClF3N3O3S. The molecule has 2 aromatic carbocycles. The van der Waals surface area contributed by atoms with Crippen molar-refractivity contribution in [1.82, 2.24) is 5.32 Å². The van der Waals surface area contributed by atoms with Gasteiger partial charge in [-0.05, 0) is 30.3 Å². The normalized spacial score (nSPS) is 17.7. The summed E-state index contributed by atoms with van der Waals surface area (Å²) in [5, 5.41) is 4.57. The molecule has 0 aromatic heterocycles. The van der Waals surface area contributed by atoms with E-state index in [1.807, 2.05) is 0 Å². The number of nitrogens with one attached hydrogen (secondary N) is 2. The predicted octanol–water partition coefficient (Wildman–Crippen LogP) is 4.62. The number of halogens is 4. The van der Waals surface area contributed by atoms with Crippen molar-refractivity contribution in [2.24, 2.45) is 4.99 Å². The van der Waals surface area contributed by atoms with Crippen LogP contribution < -0.4 is 15.4 Å². The van der Waals surface area contributed by atoms with Crippen LogP contribution in [0.4, 0.5) is 24.5 Å². The van der Waals surface area contributed by atoms with Gasteiger partial charge in [-0.3, -0.25) is 9.59 Å². The number of amidine groups is 1. The Morgan fingerprint density at radius 2 is 2.03 bits per heavy atom. The summed E-state index contributed by atoms with van der Waals surface area (Å²) in [5.74, 6) is -0.612. The van der Waals surface area contributed by atoms with Gasteiger partial charge >= 0.3 is 6.18 Å². The Bertz CT molecular complexity index is 1010. The molecule has 1 heterocycles. The van der Waals surface area contributed by atoms with Crippen molar-refractivity contribution >= 4 is 51.7 Å². The minimum atomic E-state index is -4.58. The van der Waals surface area contributed by atoms with Crippen LogP contribution in [0.2, 0.25) is 5.02 Å². The topological polar surface area (TPSA) is 79.8 Å². The maximum atomic E-state index is 13.1. The van der Waals surface area contributed by atoms with Crippen molar-refractivity contribution in [1.29, 1.82) is 0 Å². The smallest absolute Gasteiger partial charge is 0.418 e. The summed E-state index contributed by atoms with van der Waals surface area (Å²) in [6, 6.07) is 9.46. The SMILES string of the molecule is COc1ccc(Cl)cc1NC(=O)CC1SC(=Nc2ccccc2C(F)(F)F)NC1=O. The lowest BCUT2D eigenvalue weighted by atomic mass is 10.2. The van der Waals surface area contributed by atoms with E-state index in [9.17, 15) is 22.8 Å². The maximum Gasteiger partial charge on any atom is 0.418 e. The molecule has 158 valence electrons. The Morgan fingerprint density at radius 3 is 2.73 bits per heavy atom. The Balaban J connectivity index is 1.71. The Labute approximate surface area is 178 Å². The number of hydrogen-bond acceptors (Lipinski definition) is 5. The molecular weight excluding hydrogens is 443 g/mol. The van der Waals surface area contributed by atoms with Crippen LogP contribution in [-0.2, 0) is 15.8 Å². The number of methoxy groups -OCH3 is 1. The number of rotatable bonds is 5. The number of ether oxygens (including phenoxy) is 1. The van der Waals surface area contributed by atoms with Gasteiger partial charge in [0.2, 0.25) is 11.8 Å². The molecule has 1 atom stereocenters. The van der Waals surface area contributed by atoms with E-state index in [0.717, 1.165) is 17.8 Å². The molecule has 1 aliphatic heterocycles.